The number of alkyl halides is 3. The molecule has 1 aliphatic heterocycles. The van der Waals surface area contributed by atoms with E-state index in [1.807, 2.05) is 0 Å². The van der Waals surface area contributed by atoms with Crippen molar-refractivity contribution in [1.29, 1.82) is 0 Å². The number of rotatable bonds is 4. The number of aromatic nitrogens is 3. The molecule has 2 aliphatic rings. The zero-order valence-electron chi connectivity index (χ0n) is 10.6. The summed E-state index contributed by atoms with van der Waals surface area (Å²) < 4.78 is 40.0. The maximum atomic E-state index is 12.8. The van der Waals surface area contributed by atoms with E-state index in [4.69, 9.17) is 0 Å². The number of hydrogen-bond donors (Lipinski definition) is 1. The molecule has 1 saturated carbocycles. The minimum atomic E-state index is -4.12. The van der Waals surface area contributed by atoms with Crippen LogP contribution >= 0.6 is 0 Å². The third-order valence-corrected chi connectivity index (χ3v) is 3.85. The van der Waals surface area contributed by atoms with Crippen LogP contribution in [0.1, 0.15) is 30.9 Å². The van der Waals surface area contributed by atoms with Crippen molar-refractivity contribution in [2.75, 3.05) is 6.54 Å². The smallest absolute Gasteiger partial charge is 0.314 e. The monoisotopic (exact) mass is 274 g/mol. The molecule has 1 unspecified atom stereocenters. The first-order valence-corrected chi connectivity index (χ1v) is 6.75. The minimum Gasteiger partial charge on any atom is -0.314 e. The van der Waals surface area contributed by atoms with Crippen molar-refractivity contribution in [1.82, 2.24) is 20.1 Å². The second-order valence-corrected chi connectivity index (χ2v) is 5.40. The average molecular weight is 274 g/mol. The van der Waals surface area contributed by atoms with Crippen LogP contribution in [0.3, 0.4) is 0 Å². The highest BCUT2D eigenvalue weighted by Crippen LogP contribution is 2.34. The van der Waals surface area contributed by atoms with Gasteiger partial charge in [-0.2, -0.15) is 13.2 Å². The zero-order chi connectivity index (χ0) is 13.5. The molecule has 19 heavy (non-hydrogen) atoms. The summed E-state index contributed by atoms with van der Waals surface area (Å²) in [5.74, 6) is 0.116. The lowest BCUT2D eigenvalue weighted by molar-refractivity contribution is -0.182. The molecular weight excluding hydrogens is 257 g/mol. The van der Waals surface area contributed by atoms with E-state index in [2.05, 4.69) is 15.5 Å². The van der Waals surface area contributed by atoms with Gasteiger partial charge in [0, 0.05) is 32.0 Å². The van der Waals surface area contributed by atoms with Crippen molar-refractivity contribution in [2.45, 2.75) is 50.9 Å². The Morgan fingerprint density at radius 3 is 2.68 bits per heavy atom. The van der Waals surface area contributed by atoms with E-state index in [1.165, 1.54) is 12.8 Å². The number of nitrogens with zero attached hydrogens (tertiary/aromatic N) is 3. The molecule has 3 rings (SSSR count). The molecule has 1 fully saturated rings. The molecule has 1 atom stereocenters. The molecule has 0 saturated heterocycles. The molecule has 1 aromatic heterocycles. The number of hydrogen-bond acceptors (Lipinski definition) is 3. The number of nitrogens with one attached hydrogen (secondary N) is 1. The summed E-state index contributed by atoms with van der Waals surface area (Å²) >= 11 is 0. The van der Waals surface area contributed by atoms with Gasteiger partial charge in [0.1, 0.15) is 11.6 Å². The highest BCUT2D eigenvalue weighted by molar-refractivity contribution is 5.01. The van der Waals surface area contributed by atoms with Gasteiger partial charge in [0.05, 0.1) is 5.92 Å². The van der Waals surface area contributed by atoms with E-state index in [-0.39, 0.29) is 13.0 Å². The lowest BCUT2D eigenvalue weighted by atomic mass is 9.99. The molecule has 1 aliphatic carbocycles. The standard InChI is InChI=1S/C12H17F3N4/c13-12(14,15)8-1-4-10-17-18-11(19(10)7-8)5-6-16-9-2-3-9/h8-9,16H,1-7H2. The molecule has 106 valence electrons. The minimum absolute atomic E-state index is 0.0232. The van der Waals surface area contributed by atoms with E-state index in [0.29, 0.717) is 30.5 Å². The fourth-order valence-corrected chi connectivity index (χ4v) is 2.51. The van der Waals surface area contributed by atoms with Crippen LogP contribution in [0.15, 0.2) is 0 Å². The van der Waals surface area contributed by atoms with E-state index in [9.17, 15) is 13.2 Å². The molecular formula is C12H17F3N4. The molecule has 0 spiro atoms. The van der Waals surface area contributed by atoms with Crippen molar-refractivity contribution in [2.24, 2.45) is 5.92 Å². The van der Waals surface area contributed by atoms with E-state index < -0.39 is 12.1 Å². The van der Waals surface area contributed by atoms with Crippen molar-refractivity contribution in [3.8, 4) is 0 Å². The average Bonchev–Trinajstić information content (AvgIpc) is 3.08. The predicted molar refractivity (Wildman–Crippen MR) is 62.6 cm³/mol. The van der Waals surface area contributed by atoms with Gasteiger partial charge in [-0.25, -0.2) is 0 Å². The number of halogens is 3. The van der Waals surface area contributed by atoms with Crippen LogP contribution in [-0.4, -0.2) is 33.5 Å². The Balaban J connectivity index is 1.65. The van der Waals surface area contributed by atoms with Crippen molar-refractivity contribution >= 4 is 0 Å². The maximum absolute atomic E-state index is 12.8. The van der Waals surface area contributed by atoms with Gasteiger partial charge in [-0.15, -0.1) is 10.2 Å². The molecule has 4 nitrogen and oxygen atoms in total. The van der Waals surface area contributed by atoms with Crippen LogP contribution in [0.25, 0.3) is 0 Å². The summed E-state index contributed by atoms with van der Waals surface area (Å²) in [6, 6.07) is 0.603. The summed E-state index contributed by atoms with van der Waals surface area (Å²) in [6.45, 7) is 0.740. The fourth-order valence-electron chi connectivity index (χ4n) is 2.51. The second kappa shape index (κ2) is 4.77. The summed E-state index contributed by atoms with van der Waals surface area (Å²) in [7, 11) is 0. The van der Waals surface area contributed by atoms with Gasteiger partial charge < -0.3 is 9.88 Å². The van der Waals surface area contributed by atoms with Crippen molar-refractivity contribution in [3.63, 3.8) is 0 Å². The Hall–Kier alpha value is -1.11. The molecule has 0 radical (unpaired) electrons. The van der Waals surface area contributed by atoms with Gasteiger partial charge in [-0.3, -0.25) is 0 Å². The SMILES string of the molecule is FC(F)(F)C1CCc2nnc(CCNC3CC3)n2C1. The second-order valence-electron chi connectivity index (χ2n) is 5.40. The Kier molecular flexibility index (Phi) is 3.24. The zero-order valence-corrected chi connectivity index (χ0v) is 10.6. The Labute approximate surface area is 109 Å². The van der Waals surface area contributed by atoms with Gasteiger partial charge in [0.25, 0.3) is 0 Å². The summed E-state index contributed by atoms with van der Waals surface area (Å²) in [6.07, 6.45) is -0.572. The van der Waals surface area contributed by atoms with Gasteiger partial charge in [-0.1, -0.05) is 0 Å². The number of fused-ring (bicyclic) bond motifs is 1. The summed E-state index contributed by atoms with van der Waals surface area (Å²) in [5, 5.41) is 11.4. The maximum Gasteiger partial charge on any atom is 0.393 e. The van der Waals surface area contributed by atoms with Crippen molar-refractivity contribution < 1.29 is 13.2 Å². The lowest BCUT2D eigenvalue weighted by Crippen LogP contribution is -2.33. The van der Waals surface area contributed by atoms with Gasteiger partial charge >= 0.3 is 6.18 Å². The highest BCUT2D eigenvalue weighted by Gasteiger charge is 2.42. The van der Waals surface area contributed by atoms with E-state index in [0.717, 1.165) is 6.54 Å². The third kappa shape index (κ3) is 2.91. The first-order chi connectivity index (χ1) is 9.04. The fraction of sp³-hybridized carbons (Fsp3) is 0.833. The predicted octanol–water partition coefficient (Wildman–Crippen LogP) is 1.70. The first-order valence-electron chi connectivity index (χ1n) is 6.75. The van der Waals surface area contributed by atoms with Crippen LogP contribution in [0.4, 0.5) is 13.2 Å². The molecule has 2 heterocycles. The van der Waals surface area contributed by atoms with Crippen LogP contribution in [0.2, 0.25) is 0 Å². The quantitative estimate of drug-likeness (QED) is 0.908. The Morgan fingerprint density at radius 2 is 2.00 bits per heavy atom. The van der Waals surface area contributed by atoms with Crippen LogP contribution in [0, 0.1) is 5.92 Å². The van der Waals surface area contributed by atoms with E-state index in [1.54, 1.807) is 4.57 Å². The molecule has 7 heteroatoms. The van der Waals surface area contributed by atoms with Crippen LogP contribution < -0.4 is 5.32 Å². The summed E-state index contributed by atoms with van der Waals surface area (Å²) in [5.41, 5.74) is 0. The Bertz CT molecular complexity index is 450. The molecule has 0 bridgehead atoms. The third-order valence-electron chi connectivity index (χ3n) is 3.85. The Morgan fingerprint density at radius 1 is 1.21 bits per heavy atom. The molecule has 1 aromatic rings. The number of aryl methyl sites for hydroxylation is 1. The van der Waals surface area contributed by atoms with Gasteiger partial charge in [0.15, 0.2) is 0 Å². The van der Waals surface area contributed by atoms with Gasteiger partial charge in [0.2, 0.25) is 0 Å². The molecule has 0 aromatic carbocycles. The van der Waals surface area contributed by atoms with Crippen LogP contribution in [0.5, 0.6) is 0 Å². The molecule has 1 N–H and O–H groups in total. The molecule has 0 amide bonds. The van der Waals surface area contributed by atoms with E-state index >= 15 is 0 Å². The van der Waals surface area contributed by atoms with Crippen LogP contribution in [-0.2, 0) is 19.4 Å². The largest absolute Gasteiger partial charge is 0.393 e. The topological polar surface area (TPSA) is 42.7 Å². The summed E-state index contributed by atoms with van der Waals surface area (Å²) in [4.78, 5) is 0. The first kappa shape index (κ1) is 12.9. The lowest BCUT2D eigenvalue weighted by Gasteiger charge is -2.26. The van der Waals surface area contributed by atoms with Gasteiger partial charge in [-0.05, 0) is 19.3 Å². The van der Waals surface area contributed by atoms with Crippen molar-refractivity contribution in [3.05, 3.63) is 11.6 Å². The normalized spacial score (nSPS) is 23.4. The highest BCUT2D eigenvalue weighted by atomic mass is 19.4.